The lowest BCUT2D eigenvalue weighted by Crippen LogP contribution is -2.49. The van der Waals surface area contributed by atoms with Crippen molar-refractivity contribution < 1.29 is 33.5 Å². The Morgan fingerprint density at radius 2 is 1.06 bits per heavy atom. The molecule has 2 aromatic rings. The molecule has 1 N–H and O–H groups in total. The van der Waals surface area contributed by atoms with Crippen LogP contribution in [0.25, 0.3) is 0 Å². The maximum Gasteiger partial charge on any atom is 0.184 e. The fourth-order valence-corrected chi connectivity index (χ4v) is 5.32. The van der Waals surface area contributed by atoms with E-state index in [0.29, 0.717) is 13.2 Å². The van der Waals surface area contributed by atoms with Crippen molar-refractivity contribution in [1.82, 2.24) is 0 Å². The van der Waals surface area contributed by atoms with Crippen molar-refractivity contribution in [1.29, 1.82) is 0 Å². The summed E-state index contributed by atoms with van der Waals surface area (Å²) < 4.78 is 35.3. The minimum atomic E-state index is -0.617. The van der Waals surface area contributed by atoms with E-state index >= 15 is 0 Å². The van der Waals surface area contributed by atoms with Gasteiger partial charge in [0.05, 0.1) is 45.7 Å². The molecule has 2 aliphatic heterocycles. The van der Waals surface area contributed by atoms with Gasteiger partial charge in [0.15, 0.2) is 12.6 Å². The molecule has 0 aliphatic carbocycles. The third-order valence-electron chi connectivity index (χ3n) is 7.59. The zero-order chi connectivity index (χ0) is 25.8. The van der Waals surface area contributed by atoms with E-state index in [4.69, 9.17) is 28.4 Å². The number of rotatable bonds is 8. The maximum absolute atomic E-state index is 11.5. The largest absolute Gasteiger partial charge is 0.497 e. The minimum absolute atomic E-state index is 0.113. The molecule has 2 fully saturated rings. The molecule has 7 heteroatoms. The Bertz CT molecular complexity index is 870. The molecule has 0 aromatic heterocycles. The van der Waals surface area contributed by atoms with Gasteiger partial charge in [-0.2, -0.15) is 0 Å². The molecular weight excluding hydrogens is 460 g/mol. The van der Waals surface area contributed by atoms with Crippen LogP contribution in [0.15, 0.2) is 48.5 Å². The van der Waals surface area contributed by atoms with Gasteiger partial charge >= 0.3 is 0 Å². The monoisotopic (exact) mass is 500 g/mol. The summed E-state index contributed by atoms with van der Waals surface area (Å²) in [4.78, 5) is 0. The second-order valence-corrected chi connectivity index (χ2v) is 10.2. The van der Waals surface area contributed by atoms with E-state index in [1.807, 2.05) is 48.5 Å². The quantitative estimate of drug-likeness (QED) is 0.538. The Balaban J connectivity index is 1.43. The molecule has 4 rings (SSSR count). The Hall–Kier alpha value is -2.16. The van der Waals surface area contributed by atoms with Crippen molar-refractivity contribution in [2.75, 3.05) is 27.4 Å². The highest BCUT2D eigenvalue weighted by Gasteiger charge is 2.42. The SMILES string of the molecule is COc1ccc([C@@H]2OC[C@@H](C)[C@H]([C@H](C)C(O)[C@H](C)[C@H]3O[C@@H](c4ccc(OC)cc4)OC[C@@H]3C)O2)cc1. The summed E-state index contributed by atoms with van der Waals surface area (Å²) in [5.74, 6) is 1.65. The maximum atomic E-state index is 11.5. The average molecular weight is 501 g/mol. The van der Waals surface area contributed by atoms with Crippen LogP contribution in [0.2, 0.25) is 0 Å². The predicted molar refractivity (Wildman–Crippen MR) is 136 cm³/mol. The lowest BCUT2D eigenvalue weighted by atomic mass is 9.79. The van der Waals surface area contributed by atoms with Crippen LogP contribution >= 0.6 is 0 Å². The molecule has 2 saturated heterocycles. The first kappa shape index (κ1) is 26.9. The molecule has 2 aromatic carbocycles. The van der Waals surface area contributed by atoms with Gasteiger partial charge in [0, 0.05) is 34.8 Å². The van der Waals surface area contributed by atoms with Crippen LogP contribution in [-0.2, 0) is 18.9 Å². The van der Waals surface area contributed by atoms with Crippen LogP contribution in [0.4, 0.5) is 0 Å². The van der Waals surface area contributed by atoms with Crippen LogP contribution < -0.4 is 9.47 Å². The number of benzene rings is 2. The van der Waals surface area contributed by atoms with Crippen molar-refractivity contribution in [2.24, 2.45) is 23.7 Å². The number of aliphatic hydroxyl groups excluding tert-OH is 1. The number of ether oxygens (including phenoxy) is 6. The van der Waals surface area contributed by atoms with Gasteiger partial charge in [0.25, 0.3) is 0 Å². The van der Waals surface area contributed by atoms with Gasteiger partial charge in [-0.3, -0.25) is 0 Å². The minimum Gasteiger partial charge on any atom is -0.497 e. The number of aliphatic hydroxyl groups is 1. The van der Waals surface area contributed by atoms with Crippen LogP contribution in [0.3, 0.4) is 0 Å². The molecule has 0 amide bonds. The van der Waals surface area contributed by atoms with Crippen molar-refractivity contribution in [3.05, 3.63) is 59.7 Å². The molecule has 9 atom stereocenters. The van der Waals surface area contributed by atoms with E-state index in [2.05, 4.69) is 27.7 Å². The third kappa shape index (κ3) is 5.87. The second-order valence-electron chi connectivity index (χ2n) is 10.2. The summed E-state index contributed by atoms with van der Waals surface area (Å²) in [7, 11) is 3.29. The van der Waals surface area contributed by atoms with Crippen LogP contribution in [0.1, 0.15) is 51.4 Å². The molecule has 36 heavy (non-hydrogen) atoms. The second kappa shape index (κ2) is 11.9. The summed E-state index contributed by atoms with van der Waals surface area (Å²) in [5, 5.41) is 11.5. The summed E-state index contributed by atoms with van der Waals surface area (Å²) in [6, 6.07) is 15.4. The number of hydrogen-bond donors (Lipinski definition) is 1. The highest BCUT2D eigenvalue weighted by molar-refractivity contribution is 5.29. The molecule has 0 radical (unpaired) electrons. The van der Waals surface area contributed by atoms with Crippen LogP contribution in [0.5, 0.6) is 11.5 Å². The van der Waals surface area contributed by atoms with E-state index in [9.17, 15) is 5.11 Å². The zero-order valence-electron chi connectivity index (χ0n) is 22.1. The lowest BCUT2D eigenvalue weighted by Gasteiger charge is -2.44. The molecule has 0 bridgehead atoms. The molecule has 198 valence electrons. The topological polar surface area (TPSA) is 75.6 Å². The van der Waals surface area contributed by atoms with Gasteiger partial charge in [-0.1, -0.05) is 52.0 Å². The Morgan fingerprint density at radius 3 is 1.39 bits per heavy atom. The normalized spacial score (nSPS) is 31.3. The highest BCUT2D eigenvalue weighted by atomic mass is 16.7. The fourth-order valence-electron chi connectivity index (χ4n) is 5.32. The van der Waals surface area contributed by atoms with E-state index in [0.717, 1.165) is 22.6 Å². The molecule has 1 unspecified atom stereocenters. The van der Waals surface area contributed by atoms with Gasteiger partial charge in [-0.05, 0) is 24.3 Å². The first-order valence-corrected chi connectivity index (χ1v) is 12.8. The van der Waals surface area contributed by atoms with E-state index < -0.39 is 18.7 Å². The summed E-state index contributed by atoms with van der Waals surface area (Å²) in [6.45, 7) is 9.46. The zero-order valence-corrected chi connectivity index (χ0v) is 22.1. The van der Waals surface area contributed by atoms with E-state index in [1.54, 1.807) is 14.2 Å². The molecule has 0 spiro atoms. The Morgan fingerprint density at radius 1 is 0.694 bits per heavy atom. The molecular formula is C29H40O7. The van der Waals surface area contributed by atoms with Crippen molar-refractivity contribution in [3.63, 3.8) is 0 Å². The van der Waals surface area contributed by atoms with Crippen LogP contribution in [0, 0.1) is 23.7 Å². The number of methoxy groups -OCH3 is 2. The van der Waals surface area contributed by atoms with Gasteiger partial charge < -0.3 is 33.5 Å². The fraction of sp³-hybridized carbons (Fsp3) is 0.586. The third-order valence-corrected chi connectivity index (χ3v) is 7.59. The van der Waals surface area contributed by atoms with Crippen molar-refractivity contribution >= 4 is 0 Å². The Labute approximate surface area is 214 Å². The van der Waals surface area contributed by atoms with Crippen molar-refractivity contribution in [2.45, 2.75) is 58.6 Å². The molecule has 2 heterocycles. The van der Waals surface area contributed by atoms with Crippen LogP contribution in [-0.4, -0.2) is 50.9 Å². The summed E-state index contributed by atoms with van der Waals surface area (Å²) in [6.07, 6.45) is -1.87. The average Bonchev–Trinajstić information content (AvgIpc) is 2.92. The smallest absolute Gasteiger partial charge is 0.184 e. The van der Waals surface area contributed by atoms with Gasteiger partial charge in [0.1, 0.15) is 11.5 Å². The van der Waals surface area contributed by atoms with E-state index in [1.165, 1.54) is 0 Å². The van der Waals surface area contributed by atoms with Gasteiger partial charge in [-0.15, -0.1) is 0 Å². The molecule has 7 nitrogen and oxygen atoms in total. The molecule has 2 aliphatic rings. The summed E-state index contributed by atoms with van der Waals surface area (Å²) >= 11 is 0. The highest BCUT2D eigenvalue weighted by Crippen LogP contribution is 2.39. The first-order valence-electron chi connectivity index (χ1n) is 12.8. The predicted octanol–water partition coefficient (Wildman–Crippen LogP) is 5.14. The summed E-state index contributed by atoms with van der Waals surface area (Å²) in [5.41, 5.74) is 1.87. The standard InChI is InChI=1S/C29H40O7/c1-17-15-33-28(21-7-11-23(31-5)12-8-21)35-26(17)19(3)25(30)20(4)27-18(2)16-34-29(36-27)22-9-13-24(32-6)14-10-22/h7-14,17-20,25-30H,15-16H2,1-6H3/t17-,18+,19-,20+,25?,26-,27+,28-,29+. The lowest BCUT2D eigenvalue weighted by molar-refractivity contribution is -0.272. The van der Waals surface area contributed by atoms with Gasteiger partial charge in [-0.25, -0.2) is 0 Å². The number of hydrogen-bond acceptors (Lipinski definition) is 7. The Kier molecular flexibility index (Phi) is 8.91. The van der Waals surface area contributed by atoms with Gasteiger partial charge in [0.2, 0.25) is 0 Å². The first-order chi connectivity index (χ1) is 17.3. The van der Waals surface area contributed by atoms with Crippen molar-refractivity contribution in [3.8, 4) is 11.5 Å². The van der Waals surface area contributed by atoms with E-state index in [-0.39, 0.29) is 35.9 Å². The molecule has 0 saturated carbocycles.